The van der Waals surface area contributed by atoms with Gasteiger partial charge in [-0.05, 0) is 43.5 Å². The van der Waals surface area contributed by atoms with Crippen molar-refractivity contribution in [2.24, 2.45) is 5.92 Å². The van der Waals surface area contributed by atoms with Crippen molar-refractivity contribution in [3.63, 3.8) is 0 Å². The van der Waals surface area contributed by atoms with Gasteiger partial charge in [-0.1, -0.05) is 0 Å². The Balaban J connectivity index is 1.44. The molecule has 1 aromatic heterocycles. The molecule has 0 saturated carbocycles. The van der Waals surface area contributed by atoms with Crippen molar-refractivity contribution < 1.29 is 19.1 Å². The first kappa shape index (κ1) is 18.4. The fourth-order valence-electron chi connectivity index (χ4n) is 3.89. The third-order valence-electron chi connectivity index (χ3n) is 5.43. The summed E-state index contributed by atoms with van der Waals surface area (Å²) in [6.07, 6.45) is 2.72. The van der Waals surface area contributed by atoms with Crippen LogP contribution in [0, 0.1) is 11.7 Å². The minimum absolute atomic E-state index is 0.0968. The summed E-state index contributed by atoms with van der Waals surface area (Å²) in [7, 11) is 0. The highest BCUT2D eigenvalue weighted by Crippen LogP contribution is 2.24. The largest absolute Gasteiger partial charge is 0.481 e. The molecule has 28 heavy (non-hydrogen) atoms. The summed E-state index contributed by atoms with van der Waals surface area (Å²) in [6.45, 7) is 1.34. The smallest absolute Gasteiger partial charge is 0.317 e. The number of piperidine rings is 1. The van der Waals surface area contributed by atoms with Crippen molar-refractivity contribution >= 4 is 12.0 Å². The molecule has 2 aliphatic heterocycles. The second kappa shape index (κ2) is 7.57. The lowest BCUT2D eigenvalue weighted by Gasteiger charge is -2.33. The van der Waals surface area contributed by atoms with E-state index in [2.05, 4.69) is 15.5 Å². The van der Waals surface area contributed by atoms with E-state index in [4.69, 9.17) is 0 Å². The van der Waals surface area contributed by atoms with Crippen molar-refractivity contribution in [1.29, 1.82) is 0 Å². The molecule has 1 fully saturated rings. The van der Waals surface area contributed by atoms with Gasteiger partial charge in [0.05, 0.1) is 5.92 Å². The highest BCUT2D eigenvalue weighted by molar-refractivity contribution is 5.76. The number of urea groups is 1. The maximum Gasteiger partial charge on any atom is 0.317 e. The molecule has 0 radical (unpaired) electrons. The van der Waals surface area contributed by atoms with Gasteiger partial charge in [-0.3, -0.25) is 4.79 Å². The van der Waals surface area contributed by atoms with Crippen LogP contribution < -0.4 is 5.32 Å². The van der Waals surface area contributed by atoms with E-state index in [0.717, 1.165) is 17.8 Å². The van der Waals surface area contributed by atoms with Crippen molar-refractivity contribution in [3.8, 4) is 11.4 Å². The number of nitrogens with zero attached hydrogens (tertiary/aromatic N) is 4. The first-order valence-corrected chi connectivity index (χ1v) is 9.47. The van der Waals surface area contributed by atoms with Gasteiger partial charge < -0.3 is 19.9 Å². The van der Waals surface area contributed by atoms with Crippen LogP contribution in [0.2, 0.25) is 0 Å². The third kappa shape index (κ3) is 3.69. The van der Waals surface area contributed by atoms with E-state index in [1.54, 1.807) is 17.0 Å². The van der Waals surface area contributed by atoms with E-state index in [0.29, 0.717) is 38.2 Å². The second-order valence-electron chi connectivity index (χ2n) is 7.37. The molecule has 9 heteroatoms. The summed E-state index contributed by atoms with van der Waals surface area (Å²) in [6, 6.07) is 5.77. The number of rotatable bonds is 3. The van der Waals surface area contributed by atoms with Gasteiger partial charge in [0.2, 0.25) is 0 Å². The Morgan fingerprint density at radius 3 is 2.68 bits per heavy atom. The Labute approximate surface area is 161 Å². The summed E-state index contributed by atoms with van der Waals surface area (Å²) >= 11 is 0. The first-order valence-electron chi connectivity index (χ1n) is 9.47. The summed E-state index contributed by atoms with van der Waals surface area (Å²) in [4.78, 5) is 25.4. The molecule has 148 valence electrons. The van der Waals surface area contributed by atoms with Crippen LogP contribution in [0.3, 0.4) is 0 Å². The molecule has 2 aromatic rings. The highest BCUT2D eigenvalue weighted by atomic mass is 19.1. The number of benzene rings is 1. The maximum atomic E-state index is 13.2. The van der Waals surface area contributed by atoms with Gasteiger partial charge in [-0.25, -0.2) is 9.18 Å². The SMILES string of the molecule is O=C(O)C1CCCN(C(=O)NC2CCc3nnc(-c4ccc(F)cc4)n3C2)C1. The zero-order valence-electron chi connectivity index (χ0n) is 15.3. The lowest BCUT2D eigenvalue weighted by molar-refractivity contribution is -0.143. The van der Waals surface area contributed by atoms with Gasteiger partial charge in [-0.15, -0.1) is 10.2 Å². The van der Waals surface area contributed by atoms with E-state index in [9.17, 15) is 19.1 Å². The van der Waals surface area contributed by atoms with Gasteiger partial charge in [0, 0.05) is 37.7 Å². The Morgan fingerprint density at radius 1 is 1.14 bits per heavy atom. The monoisotopic (exact) mass is 387 g/mol. The zero-order valence-corrected chi connectivity index (χ0v) is 15.3. The number of carbonyl (C=O) groups excluding carboxylic acids is 1. The molecule has 2 amide bonds. The van der Waals surface area contributed by atoms with Crippen LogP contribution in [0.15, 0.2) is 24.3 Å². The molecule has 4 rings (SSSR count). The number of aryl methyl sites for hydroxylation is 1. The van der Waals surface area contributed by atoms with Crippen molar-refractivity contribution in [3.05, 3.63) is 35.9 Å². The van der Waals surface area contributed by atoms with Crippen molar-refractivity contribution in [1.82, 2.24) is 25.0 Å². The highest BCUT2D eigenvalue weighted by Gasteiger charge is 2.30. The molecule has 2 aliphatic rings. The molecule has 1 aromatic carbocycles. The minimum Gasteiger partial charge on any atom is -0.481 e. The zero-order chi connectivity index (χ0) is 19.7. The van der Waals surface area contributed by atoms with Crippen LogP contribution in [-0.2, 0) is 17.8 Å². The van der Waals surface area contributed by atoms with Crippen molar-refractivity contribution in [2.75, 3.05) is 13.1 Å². The topological polar surface area (TPSA) is 100 Å². The molecule has 0 spiro atoms. The predicted molar refractivity (Wildman–Crippen MR) is 98.0 cm³/mol. The number of aliphatic carboxylic acids is 1. The fourth-order valence-corrected chi connectivity index (χ4v) is 3.89. The molecule has 3 heterocycles. The molecule has 0 bridgehead atoms. The van der Waals surface area contributed by atoms with Gasteiger partial charge >= 0.3 is 12.0 Å². The molecular weight excluding hydrogens is 365 g/mol. The molecular formula is C19H22FN5O3. The summed E-state index contributed by atoms with van der Waals surface area (Å²) < 4.78 is 15.2. The van der Waals surface area contributed by atoms with Crippen molar-refractivity contribution in [2.45, 2.75) is 38.3 Å². The van der Waals surface area contributed by atoms with Crippen LogP contribution in [0.5, 0.6) is 0 Å². The Kier molecular flexibility index (Phi) is 4.97. The van der Waals surface area contributed by atoms with Crippen LogP contribution in [-0.4, -0.2) is 55.9 Å². The van der Waals surface area contributed by atoms with E-state index >= 15 is 0 Å². The molecule has 0 aliphatic carbocycles. The maximum absolute atomic E-state index is 13.2. The third-order valence-corrected chi connectivity index (χ3v) is 5.43. The minimum atomic E-state index is -0.853. The lowest BCUT2D eigenvalue weighted by atomic mass is 9.98. The van der Waals surface area contributed by atoms with E-state index in [1.165, 1.54) is 12.1 Å². The Morgan fingerprint density at radius 2 is 1.93 bits per heavy atom. The Bertz CT molecular complexity index is 882. The normalized spacial score (nSPS) is 21.8. The molecule has 8 nitrogen and oxygen atoms in total. The number of amides is 2. The second-order valence-corrected chi connectivity index (χ2v) is 7.37. The van der Waals surface area contributed by atoms with Crippen LogP contribution in [0.25, 0.3) is 11.4 Å². The number of carboxylic acids is 1. The number of likely N-dealkylation sites (tertiary alicyclic amines) is 1. The van der Waals surface area contributed by atoms with Crippen LogP contribution >= 0.6 is 0 Å². The standard InChI is InChI=1S/C19H22FN5O3/c20-14-5-3-12(4-6-14)17-23-22-16-8-7-15(11-25(16)17)21-19(28)24-9-1-2-13(10-24)18(26)27/h3-6,13,15H,1-2,7-11H2,(H,21,28)(H,26,27). The Hall–Kier alpha value is -2.97. The molecule has 1 saturated heterocycles. The average Bonchev–Trinajstić information content (AvgIpc) is 3.12. The van der Waals surface area contributed by atoms with Gasteiger partial charge in [-0.2, -0.15) is 0 Å². The van der Waals surface area contributed by atoms with E-state index < -0.39 is 11.9 Å². The van der Waals surface area contributed by atoms with E-state index in [1.807, 2.05) is 4.57 Å². The number of carboxylic acid groups (broad SMARTS) is 1. The van der Waals surface area contributed by atoms with Gasteiger partial charge in [0.1, 0.15) is 11.6 Å². The summed E-state index contributed by atoms with van der Waals surface area (Å²) in [5.41, 5.74) is 0.771. The summed E-state index contributed by atoms with van der Waals surface area (Å²) in [5, 5.41) is 20.7. The first-order chi connectivity index (χ1) is 13.5. The molecule has 2 atom stereocenters. The lowest BCUT2D eigenvalue weighted by Crippen LogP contribution is -2.51. The molecule has 2 N–H and O–H groups in total. The average molecular weight is 387 g/mol. The van der Waals surface area contributed by atoms with Crippen LogP contribution in [0.4, 0.5) is 9.18 Å². The number of carbonyl (C=O) groups is 2. The molecule has 2 unspecified atom stereocenters. The van der Waals surface area contributed by atoms with E-state index in [-0.39, 0.29) is 24.4 Å². The summed E-state index contributed by atoms with van der Waals surface area (Å²) in [5.74, 6) is -0.173. The fraction of sp³-hybridized carbons (Fsp3) is 0.474. The number of fused-ring (bicyclic) bond motifs is 1. The number of halogens is 1. The quantitative estimate of drug-likeness (QED) is 0.838. The van der Waals surface area contributed by atoms with Crippen LogP contribution in [0.1, 0.15) is 25.1 Å². The van der Waals surface area contributed by atoms with Gasteiger partial charge in [0.15, 0.2) is 5.82 Å². The number of aromatic nitrogens is 3. The number of hydrogen-bond donors (Lipinski definition) is 2. The number of nitrogens with one attached hydrogen (secondary N) is 1. The number of hydrogen-bond acceptors (Lipinski definition) is 4. The van der Waals surface area contributed by atoms with Gasteiger partial charge in [0.25, 0.3) is 0 Å². The predicted octanol–water partition coefficient (Wildman–Crippen LogP) is 1.91.